The van der Waals surface area contributed by atoms with E-state index in [1.807, 2.05) is 18.2 Å². The highest BCUT2D eigenvalue weighted by molar-refractivity contribution is 5.89. The van der Waals surface area contributed by atoms with Crippen LogP contribution in [0, 0.1) is 0 Å². The van der Waals surface area contributed by atoms with Crippen LogP contribution in [0.1, 0.15) is 40.2 Å². The van der Waals surface area contributed by atoms with E-state index in [1.54, 1.807) is 12.1 Å². The van der Waals surface area contributed by atoms with Gasteiger partial charge in [0.25, 0.3) is 0 Å². The fraction of sp³-hybridized carbons (Fsp3) is 0.300. The largest absolute Gasteiger partial charge is 0.478 e. The number of anilines is 1. The molecule has 0 bridgehead atoms. The van der Waals surface area contributed by atoms with Gasteiger partial charge < -0.3 is 20.5 Å². The fourth-order valence-corrected chi connectivity index (χ4v) is 3.02. The minimum absolute atomic E-state index is 0.225. The van der Waals surface area contributed by atoms with Crippen LogP contribution in [-0.2, 0) is 11.3 Å². The van der Waals surface area contributed by atoms with Crippen LogP contribution in [0.5, 0.6) is 0 Å². The third-order valence-electron chi connectivity index (χ3n) is 4.49. The van der Waals surface area contributed by atoms with Crippen LogP contribution in [0.25, 0.3) is 0 Å². The van der Waals surface area contributed by atoms with E-state index in [9.17, 15) is 9.59 Å². The normalized spacial score (nSPS) is 14.6. The molecule has 6 heteroatoms. The summed E-state index contributed by atoms with van der Waals surface area (Å²) in [4.78, 5) is 22.9. The number of carbonyl (C=O) groups excluding carboxylic acids is 1. The zero-order chi connectivity index (χ0) is 18.4. The monoisotopic (exact) mass is 354 g/mol. The molecule has 0 aromatic heterocycles. The Hall–Kier alpha value is -2.86. The molecular weight excluding hydrogens is 332 g/mol. The summed E-state index contributed by atoms with van der Waals surface area (Å²) in [7, 11) is 0. The first kappa shape index (κ1) is 17.9. The molecule has 1 heterocycles. The van der Waals surface area contributed by atoms with Crippen LogP contribution in [0.15, 0.2) is 48.5 Å². The zero-order valence-corrected chi connectivity index (χ0v) is 14.4. The van der Waals surface area contributed by atoms with Crippen LogP contribution < -0.4 is 10.6 Å². The lowest BCUT2D eigenvalue weighted by atomic mass is 9.91. The van der Waals surface area contributed by atoms with E-state index < -0.39 is 5.97 Å². The summed E-state index contributed by atoms with van der Waals surface area (Å²) in [6.45, 7) is 1.89. The van der Waals surface area contributed by atoms with Crippen molar-refractivity contribution in [1.82, 2.24) is 5.32 Å². The van der Waals surface area contributed by atoms with E-state index in [1.165, 1.54) is 17.7 Å². The minimum atomic E-state index is -0.966. The molecule has 0 spiro atoms. The number of hydrogen-bond donors (Lipinski definition) is 3. The summed E-state index contributed by atoms with van der Waals surface area (Å²) in [5, 5.41) is 14.5. The average molecular weight is 354 g/mol. The van der Waals surface area contributed by atoms with Gasteiger partial charge in [-0.1, -0.05) is 24.3 Å². The Kier molecular flexibility index (Phi) is 5.86. The molecule has 6 nitrogen and oxygen atoms in total. The molecule has 3 rings (SSSR count). The maximum Gasteiger partial charge on any atom is 0.335 e. The minimum Gasteiger partial charge on any atom is -0.478 e. The van der Waals surface area contributed by atoms with E-state index in [0.717, 1.165) is 37.3 Å². The van der Waals surface area contributed by atoms with Gasteiger partial charge in [0, 0.05) is 25.4 Å². The number of benzene rings is 2. The van der Waals surface area contributed by atoms with E-state index in [2.05, 4.69) is 16.7 Å². The van der Waals surface area contributed by atoms with Crippen molar-refractivity contribution in [3.05, 3.63) is 65.2 Å². The van der Waals surface area contributed by atoms with Gasteiger partial charge in [-0.25, -0.2) is 9.59 Å². The number of carboxylic acid groups (broad SMARTS) is 1. The van der Waals surface area contributed by atoms with Crippen molar-refractivity contribution in [1.29, 1.82) is 0 Å². The van der Waals surface area contributed by atoms with Crippen molar-refractivity contribution in [2.75, 3.05) is 18.5 Å². The van der Waals surface area contributed by atoms with E-state index in [0.29, 0.717) is 12.5 Å². The molecule has 0 aliphatic carbocycles. The van der Waals surface area contributed by atoms with Crippen molar-refractivity contribution in [3.8, 4) is 0 Å². The van der Waals surface area contributed by atoms with Crippen molar-refractivity contribution < 1.29 is 19.4 Å². The summed E-state index contributed by atoms with van der Waals surface area (Å²) < 4.78 is 5.40. The Labute approximate surface area is 152 Å². The molecule has 2 amide bonds. The van der Waals surface area contributed by atoms with Crippen molar-refractivity contribution >= 4 is 17.7 Å². The van der Waals surface area contributed by atoms with Gasteiger partial charge in [-0.05, 0) is 54.2 Å². The number of carbonyl (C=O) groups is 2. The number of aromatic carboxylic acids is 1. The Morgan fingerprint density at radius 3 is 2.50 bits per heavy atom. The molecule has 0 atom stereocenters. The van der Waals surface area contributed by atoms with Gasteiger partial charge in [-0.15, -0.1) is 0 Å². The van der Waals surface area contributed by atoms with Crippen molar-refractivity contribution in [3.63, 3.8) is 0 Å². The number of amides is 2. The predicted octanol–water partition coefficient (Wildman–Crippen LogP) is 3.60. The quantitative estimate of drug-likeness (QED) is 0.765. The van der Waals surface area contributed by atoms with Crippen LogP contribution in [0.3, 0.4) is 0 Å². The molecule has 3 N–H and O–H groups in total. The first-order valence-electron chi connectivity index (χ1n) is 8.66. The van der Waals surface area contributed by atoms with Gasteiger partial charge in [-0.2, -0.15) is 0 Å². The number of nitrogens with one attached hydrogen (secondary N) is 2. The molecule has 136 valence electrons. The summed E-state index contributed by atoms with van der Waals surface area (Å²) in [5.41, 5.74) is 3.03. The molecule has 0 saturated carbocycles. The Balaban J connectivity index is 1.53. The van der Waals surface area contributed by atoms with Gasteiger partial charge >= 0.3 is 12.0 Å². The third-order valence-corrected chi connectivity index (χ3v) is 4.49. The van der Waals surface area contributed by atoms with Crippen LogP contribution in [-0.4, -0.2) is 30.3 Å². The number of rotatable bonds is 5. The average Bonchev–Trinajstić information content (AvgIpc) is 2.67. The summed E-state index contributed by atoms with van der Waals surface area (Å²) >= 11 is 0. The number of urea groups is 1. The van der Waals surface area contributed by atoms with Gasteiger partial charge in [0.15, 0.2) is 0 Å². The Bertz CT molecular complexity index is 768. The standard InChI is InChI=1S/C20H22N2O4/c23-19(24)16-6-4-14(5-7-16)13-21-20(25)22-18-3-1-2-17(12-18)15-8-10-26-11-9-15/h1-7,12,15H,8-11,13H2,(H,23,24)(H2,21,22,25). The Morgan fingerprint density at radius 1 is 1.08 bits per heavy atom. The van der Waals surface area contributed by atoms with E-state index in [4.69, 9.17) is 9.84 Å². The Morgan fingerprint density at radius 2 is 1.81 bits per heavy atom. The highest BCUT2D eigenvalue weighted by Gasteiger charge is 2.16. The lowest BCUT2D eigenvalue weighted by Gasteiger charge is -2.22. The maximum absolute atomic E-state index is 12.1. The number of ether oxygens (including phenoxy) is 1. The predicted molar refractivity (Wildman–Crippen MR) is 98.5 cm³/mol. The SMILES string of the molecule is O=C(NCc1ccc(C(=O)O)cc1)Nc1cccc(C2CCOCC2)c1. The van der Waals surface area contributed by atoms with Crippen molar-refractivity contribution in [2.24, 2.45) is 0 Å². The molecule has 1 aliphatic heterocycles. The lowest BCUT2D eigenvalue weighted by Crippen LogP contribution is -2.28. The molecule has 1 fully saturated rings. The van der Waals surface area contributed by atoms with Gasteiger partial charge in [-0.3, -0.25) is 0 Å². The molecule has 1 saturated heterocycles. The molecule has 1 aliphatic rings. The third kappa shape index (κ3) is 4.83. The van der Waals surface area contributed by atoms with E-state index in [-0.39, 0.29) is 11.6 Å². The smallest absolute Gasteiger partial charge is 0.335 e. The number of hydrogen-bond acceptors (Lipinski definition) is 3. The summed E-state index contributed by atoms with van der Waals surface area (Å²) in [6.07, 6.45) is 2.00. The van der Waals surface area contributed by atoms with Gasteiger partial charge in [0.2, 0.25) is 0 Å². The second-order valence-corrected chi connectivity index (χ2v) is 6.32. The highest BCUT2D eigenvalue weighted by atomic mass is 16.5. The molecule has 26 heavy (non-hydrogen) atoms. The lowest BCUT2D eigenvalue weighted by molar-refractivity contribution is 0.0696. The van der Waals surface area contributed by atoms with Crippen LogP contribution in [0.4, 0.5) is 10.5 Å². The summed E-state index contributed by atoms with van der Waals surface area (Å²) in [5.74, 6) is -0.493. The van der Waals surface area contributed by atoms with E-state index >= 15 is 0 Å². The fourth-order valence-electron chi connectivity index (χ4n) is 3.02. The topological polar surface area (TPSA) is 87.7 Å². The first-order valence-corrected chi connectivity index (χ1v) is 8.66. The maximum atomic E-state index is 12.1. The second-order valence-electron chi connectivity index (χ2n) is 6.32. The van der Waals surface area contributed by atoms with Crippen molar-refractivity contribution in [2.45, 2.75) is 25.3 Å². The number of carboxylic acids is 1. The first-order chi connectivity index (χ1) is 12.6. The second kappa shape index (κ2) is 8.49. The molecule has 2 aromatic carbocycles. The molecule has 2 aromatic rings. The zero-order valence-electron chi connectivity index (χ0n) is 14.4. The van der Waals surface area contributed by atoms with Crippen LogP contribution in [0.2, 0.25) is 0 Å². The van der Waals surface area contributed by atoms with Crippen LogP contribution >= 0.6 is 0 Å². The van der Waals surface area contributed by atoms with Gasteiger partial charge in [0.05, 0.1) is 5.56 Å². The molecule has 0 unspecified atom stereocenters. The molecular formula is C20H22N2O4. The van der Waals surface area contributed by atoms with Gasteiger partial charge in [0.1, 0.15) is 0 Å². The molecule has 0 radical (unpaired) electrons. The highest BCUT2D eigenvalue weighted by Crippen LogP contribution is 2.28. The summed E-state index contributed by atoms with van der Waals surface area (Å²) in [6, 6.07) is 14.0.